The van der Waals surface area contributed by atoms with E-state index in [2.05, 4.69) is 0 Å². The minimum atomic E-state index is -4.81. The highest BCUT2D eigenvalue weighted by molar-refractivity contribution is 6.00. The Morgan fingerprint density at radius 1 is 1.00 bits per heavy atom. The van der Waals surface area contributed by atoms with Crippen LogP contribution in [0.2, 0.25) is 0 Å². The van der Waals surface area contributed by atoms with Gasteiger partial charge >= 0.3 is 6.18 Å². The monoisotopic (exact) mass is 258 g/mol. The van der Waals surface area contributed by atoms with Gasteiger partial charge in [-0.1, -0.05) is 39.8 Å². The van der Waals surface area contributed by atoms with Crippen LogP contribution in [0.25, 0.3) is 0 Å². The molecule has 4 heteroatoms. The zero-order valence-electron chi connectivity index (χ0n) is 10.9. The number of hydrogen-bond acceptors (Lipinski definition) is 1. The van der Waals surface area contributed by atoms with Gasteiger partial charge in [-0.05, 0) is 29.0 Å². The SMILES string of the molecule is CC(C)c1ccc(C(=O)C(F)(F)F)cc1C(C)C. The van der Waals surface area contributed by atoms with Gasteiger partial charge < -0.3 is 0 Å². The number of benzene rings is 1. The number of carbonyl (C=O) groups is 1. The van der Waals surface area contributed by atoms with Gasteiger partial charge in [0.15, 0.2) is 0 Å². The van der Waals surface area contributed by atoms with Gasteiger partial charge in [0.2, 0.25) is 0 Å². The molecule has 0 radical (unpaired) electrons. The van der Waals surface area contributed by atoms with Crippen molar-refractivity contribution in [2.24, 2.45) is 0 Å². The van der Waals surface area contributed by atoms with Crippen LogP contribution in [0.15, 0.2) is 18.2 Å². The van der Waals surface area contributed by atoms with Crippen molar-refractivity contribution in [1.82, 2.24) is 0 Å². The Morgan fingerprint density at radius 3 is 1.89 bits per heavy atom. The van der Waals surface area contributed by atoms with E-state index < -0.39 is 12.0 Å². The van der Waals surface area contributed by atoms with E-state index in [4.69, 9.17) is 0 Å². The fourth-order valence-corrected chi connectivity index (χ4v) is 1.91. The highest BCUT2D eigenvalue weighted by Crippen LogP contribution is 2.29. The Hall–Kier alpha value is -1.32. The zero-order chi connectivity index (χ0) is 14.1. The Kier molecular flexibility index (Phi) is 4.20. The van der Waals surface area contributed by atoms with Crippen molar-refractivity contribution in [2.75, 3.05) is 0 Å². The van der Waals surface area contributed by atoms with Crippen LogP contribution in [0, 0.1) is 0 Å². The highest BCUT2D eigenvalue weighted by Gasteiger charge is 2.39. The van der Waals surface area contributed by atoms with E-state index in [0.29, 0.717) is 0 Å². The highest BCUT2D eigenvalue weighted by atomic mass is 19.4. The van der Waals surface area contributed by atoms with Crippen molar-refractivity contribution in [3.63, 3.8) is 0 Å². The van der Waals surface area contributed by atoms with Crippen LogP contribution in [0.1, 0.15) is 61.0 Å². The number of hydrogen-bond donors (Lipinski definition) is 0. The van der Waals surface area contributed by atoms with E-state index in [0.717, 1.165) is 11.1 Å². The van der Waals surface area contributed by atoms with Crippen LogP contribution in [0.4, 0.5) is 13.2 Å². The average molecular weight is 258 g/mol. The Balaban J connectivity index is 3.28. The maximum absolute atomic E-state index is 12.4. The summed E-state index contributed by atoms with van der Waals surface area (Å²) in [7, 11) is 0. The molecule has 1 aromatic carbocycles. The van der Waals surface area contributed by atoms with Crippen LogP contribution < -0.4 is 0 Å². The zero-order valence-corrected chi connectivity index (χ0v) is 10.9. The molecule has 0 heterocycles. The molecule has 1 aromatic rings. The van der Waals surface area contributed by atoms with Gasteiger partial charge in [0.25, 0.3) is 5.78 Å². The number of ketones is 1. The molecular weight excluding hydrogens is 241 g/mol. The van der Waals surface area contributed by atoms with Crippen molar-refractivity contribution in [1.29, 1.82) is 0 Å². The summed E-state index contributed by atoms with van der Waals surface area (Å²) >= 11 is 0. The molecule has 0 amide bonds. The van der Waals surface area contributed by atoms with Crippen molar-refractivity contribution in [3.8, 4) is 0 Å². The van der Waals surface area contributed by atoms with E-state index in [9.17, 15) is 18.0 Å². The van der Waals surface area contributed by atoms with E-state index in [1.807, 2.05) is 27.7 Å². The van der Waals surface area contributed by atoms with Crippen molar-refractivity contribution in [2.45, 2.75) is 45.7 Å². The van der Waals surface area contributed by atoms with E-state index >= 15 is 0 Å². The molecule has 0 saturated heterocycles. The molecule has 1 nitrogen and oxygen atoms in total. The third-order valence-electron chi connectivity index (χ3n) is 2.85. The molecule has 0 bridgehead atoms. The maximum atomic E-state index is 12.4. The standard InChI is InChI=1S/C14H17F3O/c1-8(2)11-6-5-10(7-12(11)9(3)4)13(18)14(15,16)17/h5-9H,1-4H3. The first-order valence-corrected chi connectivity index (χ1v) is 5.90. The van der Waals surface area contributed by atoms with E-state index in [1.54, 1.807) is 6.07 Å². The second kappa shape index (κ2) is 5.12. The molecule has 0 aliphatic rings. The molecule has 0 atom stereocenters. The fourth-order valence-electron chi connectivity index (χ4n) is 1.91. The van der Waals surface area contributed by atoms with Gasteiger partial charge in [0.05, 0.1) is 0 Å². The molecule has 0 spiro atoms. The predicted molar refractivity (Wildman–Crippen MR) is 65.0 cm³/mol. The third-order valence-corrected chi connectivity index (χ3v) is 2.85. The lowest BCUT2D eigenvalue weighted by molar-refractivity contribution is -0.0885. The van der Waals surface area contributed by atoms with Crippen molar-refractivity contribution in [3.05, 3.63) is 34.9 Å². The van der Waals surface area contributed by atoms with Crippen LogP contribution in [0.3, 0.4) is 0 Å². The summed E-state index contributed by atoms with van der Waals surface area (Å²) in [5, 5.41) is 0. The summed E-state index contributed by atoms with van der Waals surface area (Å²) in [6.07, 6.45) is -4.81. The molecule has 0 fully saturated rings. The second-order valence-electron chi connectivity index (χ2n) is 4.98. The van der Waals surface area contributed by atoms with Gasteiger partial charge in [0, 0.05) is 5.56 Å². The van der Waals surface area contributed by atoms with Crippen LogP contribution in [-0.4, -0.2) is 12.0 Å². The predicted octanol–water partition coefficient (Wildman–Crippen LogP) is 4.68. The average Bonchev–Trinajstić information content (AvgIpc) is 2.25. The molecule has 18 heavy (non-hydrogen) atoms. The van der Waals surface area contributed by atoms with Crippen molar-refractivity contribution >= 4 is 5.78 Å². The lowest BCUT2D eigenvalue weighted by atomic mass is 9.88. The number of rotatable bonds is 3. The van der Waals surface area contributed by atoms with Gasteiger partial charge in [0.1, 0.15) is 0 Å². The fraction of sp³-hybridized carbons (Fsp3) is 0.500. The molecule has 1 rings (SSSR count). The number of halogens is 3. The lowest BCUT2D eigenvalue weighted by Crippen LogP contribution is -2.23. The van der Waals surface area contributed by atoms with Gasteiger partial charge in [-0.15, -0.1) is 0 Å². The summed E-state index contributed by atoms with van der Waals surface area (Å²) in [5.74, 6) is -1.47. The molecule has 0 unspecified atom stereocenters. The van der Waals surface area contributed by atoms with Crippen molar-refractivity contribution < 1.29 is 18.0 Å². The minimum Gasteiger partial charge on any atom is -0.284 e. The second-order valence-corrected chi connectivity index (χ2v) is 4.98. The molecule has 0 aromatic heterocycles. The summed E-state index contributed by atoms with van der Waals surface area (Å²) in [5.41, 5.74) is 1.51. The summed E-state index contributed by atoms with van der Waals surface area (Å²) in [4.78, 5) is 11.2. The number of alkyl halides is 3. The van der Waals surface area contributed by atoms with Crippen LogP contribution in [0.5, 0.6) is 0 Å². The summed E-state index contributed by atoms with van der Waals surface area (Å²) in [6, 6.07) is 4.26. The molecular formula is C14H17F3O. The van der Waals surface area contributed by atoms with Crippen LogP contribution in [-0.2, 0) is 0 Å². The van der Waals surface area contributed by atoms with E-state index in [1.165, 1.54) is 12.1 Å². The molecule has 0 aliphatic heterocycles. The topological polar surface area (TPSA) is 17.1 Å². The minimum absolute atomic E-state index is 0.0865. The molecule has 0 aliphatic carbocycles. The number of carbonyl (C=O) groups excluding carboxylic acids is 1. The first-order chi connectivity index (χ1) is 8.14. The molecule has 100 valence electrons. The summed E-state index contributed by atoms with van der Waals surface area (Å²) < 4.78 is 37.1. The van der Waals surface area contributed by atoms with Gasteiger partial charge in [-0.3, -0.25) is 4.79 Å². The quantitative estimate of drug-likeness (QED) is 0.719. The smallest absolute Gasteiger partial charge is 0.284 e. The largest absolute Gasteiger partial charge is 0.454 e. The lowest BCUT2D eigenvalue weighted by Gasteiger charge is -2.17. The van der Waals surface area contributed by atoms with E-state index in [-0.39, 0.29) is 17.4 Å². The normalized spacial score (nSPS) is 12.3. The Morgan fingerprint density at radius 2 is 1.50 bits per heavy atom. The molecule has 0 N–H and O–H groups in total. The van der Waals surface area contributed by atoms with Gasteiger partial charge in [-0.2, -0.15) is 13.2 Å². The van der Waals surface area contributed by atoms with Gasteiger partial charge in [-0.25, -0.2) is 0 Å². The summed E-state index contributed by atoms with van der Waals surface area (Å²) in [6.45, 7) is 7.77. The van der Waals surface area contributed by atoms with Crippen LogP contribution >= 0.6 is 0 Å². The first-order valence-electron chi connectivity index (χ1n) is 5.90. The molecule has 0 saturated carbocycles. The maximum Gasteiger partial charge on any atom is 0.454 e. The number of Topliss-reactive ketones (excluding diaryl/α,β-unsaturated/α-hetero) is 1. The first kappa shape index (κ1) is 14.7. The Labute approximate surface area is 105 Å². The Bertz CT molecular complexity index is 445. The third kappa shape index (κ3) is 3.12.